The number of hydrogen-bond acceptors (Lipinski definition) is 3. The number of likely N-dealkylation sites (tertiary alicyclic amines) is 1. The van der Waals surface area contributed by atoms with E-state index in [0.717, 1.165) is 36.7 Å². The average Bonchev–Trinajstić information content (AvgIpc) is 2.61. The van der Waals surface area contributed by atoms with Gasteiger partial charge in [-0.2, -0.15) is 0 Å². The van der Waals surface area contributed by atoms with Crippen molar-refractivity contribution < 1.29 is 0 Å². The third kappa shape index (κ3) is 3.40. The van der Waals surface area contributed by atoms with Crippen molar-refractivity contribution in [2.24, 2.45) is 11.8 Å². The zero-order chi connectivity index (χ0) is 17.4. The van der Waals surface area contributed by atoms with Gasteiger partial charge in [-0.1, -0.05) is 19.9 Å². The molecule has 2 bridgehead atoms. The van der Waals surface area contributed by atoms with Crippen molar-refractivity contribution in [3.05, 3.63) is 52.7 Å². The van der Waals surface area contributed by atoms with Crippen molar-refractivity contribution in [3.8, 4) is 11.1 Å². The van der Waals surface area contributed by atoms with Crippen molar-refractivity contribution in [2.45, 2.75) is 39.2 Å². The second kappa shape index (κ2) is 6.75. The molecule has 4 heterocycles. The van der Waals surface area contributed by atoms with Gasteiger partial charge < -0.3 is 9.47 Å². The molecular weight excluding hydrogens is 310 g/mol. The molecular formula is C21H27N3O. The normalized spacial score (nSPS) is 22.8. The van der Waals surface area contributed by atoms with E-state index in [0.29, 0.717) is 11.8 Å². The number of piperidine rings is 1. The van der Waals surface area contributed by atoms with Crippen LogP contribution in [-0.4, -0.2) is 34.1 Å². The zero-order valence-corrected chi connectivity index (χ0v) is 15.2. The molecule has 2 aromatic rings. The lowest BCUT2D eigenvalue weighted by molar-refractivity contribution is 0.116. The lowest BCUT2D eigenvalue weighted by atomic mass is 9.82. The lowest BCUT2D eigenvalue weighted by Crippen LogP contribution is -2.47. The fourth-order valence-electron chi connectivity index (χ4n) is 4.38. The van der Waals surface area contributed by atoms with Crippen LogP contribution in [0.1, 0.15) is 38.3 Å². The highest BCUT2D eigenvalue weighted by Crippen LogP contribution is 2.36. The van der Waals surface area contributed by atoms with Crippen molar-refractivity contribution in [1.29, 1.82) is 0 Å². The fourth-order valence-corrected chi connectivity index (χ4v) is 4.38. The molecule has 4 rings (SSSR count). The second-order valence-corrected chi connectivity index (χ2v) is 8.10. The Balaban J connectivity index is 1.64. The Kier molecular flexibility index (Phi) is 4.46. The molecule has 0 unspecified atom stereocenters. The van der Waals surface area contributed by atoms with E-state index in [-0.39, 0.29) is 5.56 Å². The SMILES string of the molecule is CC(C)CCN1C[C@@H]2C[C@H](C1)c1cc(-c3cccnc3)cc(=O)n1C2. The van der Waals surface area contributed by atoms with E-state index >= 15 is 0 Å². The van der Waals surface area contributed by atoms with Crippen LogP contribution < -0.4 is 5.56 Å². The number of rotatable bonds is 4. The molecule has 2 aliphatic heterocycles. The van der Waals surface area contributed by atoms with Crippen LogP contribution in [0.5, 0.6) is 0 Å². The first kappa shape index (κ1) is 16.5. The average molecular weight is 337 g/mol. The van der Waals surface area contributed by atoms with Gasteiger partial charge >= 0.3 is 0 Å². The lowest BCUT2D eigenvalue weighted by Gasteiger charge is -2.43. The molecule has 2 aliphatic rings. The minimum Gasteiger partial charge on any atom is -0.312 e. The van der Waals surface area contributed by atoms with Crippen LogP contribution in [0.3, 0.4) is 0 Å². The standard InChI is InChI=1S/C21H27N3O/c1-15(2)5-7-23-12-16-8-19(14-23)20-9-18(10-21(25)24(20)13-16)17-4-3-6-22-11-17/h3-4,6,9-11,15-16,19H,5,7-8,12-14H2,1-2H3/t16-,19+/m0/s1. The summed E-state index contributed by atoms with van der Waals surface area (Å²) >= 11 is 0. The first-order valence-electron chi connectivity index (χ1n) is 9.47. The third-order valence-corrected chi connectivity index (χ3v) is 5.65. The quantitative estimate of drug-likeness (QED) is 0.858. The van der Waals surface area contributed by atoms with E-state index in [2.05, 4.69) is 29.8 Å². The molecule has 2 atom stereocenters. The Labute approximate surface area is 149 Å². The number of fused-ring (bicyclic) bond motifs is 4. The summed E-state index contributed by atoms with van der Waals surface area (Å²) in [7, 11) is 0. The molecule has 0 aromatic carbocycles. The molecule has 4 heteroatoms. The van der Waals surface area contributed by atoms with Crippen molar-refractivity contribution >= 4 is 0 Å². The first-order chi connectivity index (χ1) is 12.1. The molecule has 2 aromatic heterocycles. The van der Waals surface area contributed by atoms with Gasteiger partial charge in [-0.25, -0.2) is 0 Å². The first-order valence-corrected chi connectivity index (χ1v) is 9.47. The Morgan fingerprint density at radius 1 is 1.20 bits per heavy atom. The van der Waals surface area contributed by atoms with Crippen molar-refractivity contribution in [1.82, 2.24) is 14.5 Å². The fraction of sp³-hybridized carbons (Fsp3) is 0.524. The maximum absolute atomic E-state index is 12.7. The summed E-state index contributed by atoms with van der Waals surface area (Å²) in [6.45, 7) is 8.85. The Morgan fingerprint density at radius 2 is 2.08 bits per heavy atom. The molecule has 0 saturated carbocycles. The summed E-state index contributed by atoms with van der Waals surface area (Å²) in [5, 5.41) is 0. The van der Waals surface area contributed by atoms with E-state index in [4.69, 9.17) is 0 Å². The summed E-state index contributed by atoms with van der Waals surface area (Å²) in [6, 6.07) is 7.96. The molecule has 0 radical (unpaired) electrons. The topological polar surface area (TPSA) is 38.1 Å². The minimum atomic E-state index is 0.140. The molecule has 4 nitrogen and oxygen atoms in total. The highest BCUT2D eigenvalue weighted by Gasteiger charge is 2.34. The number of pyridine rings is 2. The largest absolute Gasteiger partial charge is 0.312 e. The van der Waals surface area contributed by atoms with E-state index in [1.54, 1.807) is 12.3 Å². The predicted octanol–water partition coefficient (Wildman–Crippen LogP) is 3.38. The molecule has 0 N–H and O–H groups in total. The zero-order valence-electron chi connectivity index (χ0n) is 15.2. The monoisotopic (exact) mass is 337 g/mol. The Bertz CT molecular complexity index is 797. The molecule has 0 amide bonds. The van der Waals surface area contributed by atoms with Crippen molar-refractivity contribution in [2.75, 3.05) is 19.6 Å². The van der Waals surface area contributed by atoms with Gasteiger partial charge in [-0.3, -0.25) is 9.78 Å². The smallest absolute Gasteiger partial charge is 0.251 e. The van der Waals surface area contributed by atoms with Gasteiger partial charge in [-0.15, -0.1) is 0 Å². The van der Waals surface area contributed by atoms with Gasteiger partial charge in [0.1, 0.15) is 0 Å². The van der Waals surface area contributed by atoms with Gasteiger partial charge in [-0.05, 0) is 48.9 Å². The van der Waals surface area contributed by atoms with Crippen LogP contribution in [0, 0.1) is 11.8 Å². The van der Waals surface area contributed by atoms with Gasteiger partial charge in [0.2, 0.25) is 0 Å². The summed E-state index contributed by atoms with van der Waals surface area (Å²) < 4.78 is 2.03. The number of aromatic nitrogens is 2. The molecule has 0 spiro atoms. The summed E-state index contributed by atoms with van der Waals surface area (Å²) in [5.74, 6) is 1.83. The van der Waals surface area contributed by atoms with E-state index in [9.17, 15) is 4.79 Å². The van der Waals surface area contributed by atoms with Gasteiger partial charge in [0.15, 0.2) is 0 Å². The summed E-state index contributed by atoms with van der Waals surface area (Å²) in [4.78, 5) is 19.5. The predicted molar refractivity (Wildman–Crippen MR) is 101 cm³/mol. The van der Waals surface area contributed by atoms with E-state index < -0.39 is 0 Å². The Morgan fingerprint density at radius 3 is 2.84 bits per heavy atom. The number of nitrogens with zero attached hydrogens (tertiary/aromatic N) is 3. The van der Waals surface area contributed by atoms with E-state index in [1.807, 2.05) is 22.9 Å². The van der Waals surface area contributed by atoms with Crippen molar-refractivity contribution in [3.63, 3.8) is 0 Å². The van der Waals surface area contributed by atoms with Crippen LogP contribution in [0.2, 0.25) is 0 Å². The van der Waals surface area contributed by atoms with Crippen LogP contribution >= 0.6 is 0 Å². The minimum absolute atomic E-state index is 0.140. The molecule has 1 fully saturated rings. The second-order valence-electron chi connectivity index (χ2n) is 8.10. The summed E-state index contributed by atoms with van der Waals surface area (Å²) in [6.07, 6.45) is 6.08. The maximum atomic E-state index is 12.7. The Hall–Kier alpha value is -1.94. The third-order valence-electron chi connectivity index (χ3n) is 5.65. The molecule has 1 saturated heterocycles. The highest BCUT2D eigenvalue weighted by atomic mass is 16.1. The molecule has 25 heavy (non-hydrogen) atoms. The molecule has 132 valence electrons. The van der Waals surface area contributed by atoms with Gasteiger partial charge in [0, 0.05) is 55.3 Å². The maximum Gasteiger partial charge on any atom is 0.251 e. The van der Waals surface area contributed by atoms with Crippen LogP contribution in [-0.2, 0) is 6.54 Å². The highest BCUT2D eigenvalue weighted by molar-refractivity contribution is 5.62. The summed E-state index contributed by atoms with van der Waals surface area (Å²) in [5.41, 5.74) is 3.39. The molecule has 0 aliphatic carbocycles. The van der Waals surface area contributed by atoms with Gasteiger partial charge in [0.05, 0.1) is 0 Å². The van der Waals surface area contributed by atoms with Crippen LogP contribution in [0.15, 0.2) is 41.5 Å². The van der Waals surface area contributed by atoms with Crippen LogP contribution in [0.25, 0.3) is 11.1 Å². The van der Waals surface area contributed by atoms with E-state index in [1.165, 1.54) is 25.1 Å². The van der Waals surface area contributed by atoms with Gasteiger partial charge in [0.25, 0.3) is 5.56 Å². The van der Waals surface area contributed by atoms with Crippen LogP contribution in [0.4, 0.5) is 0 Å². The number of hydrogen-bond donors (Lipinski definition) is 0.